The van der Waals surface area contributed by atoms with E-state index in [9.17, 15) is 0 Å². The number of rotatable bonds is 5. The summed E-state index contributed by atoms with van der Waals surface area (Å²) in [6.07, 6.45) is 5.34. The van der Waals surface area contributed by atoms with Crippen molar-refractivity contribution in [1.82, 2.24) is 4.98 Å². The molecule has 0 aliphatic carbocycles. The molecule has 1 atom stereocenters. The van der Waals surface area contributed by atoms with Gasteiger partial charge in [0.05, 0.1) is 6.26 Å². The fraction of sp³-hybridized carbons (Fsp3) is 0.308. The fourth-order valence-electron chi connectivity index (χ4n) is 1.66. The Balaban J connectivity index is 1.83. The van der Waals surface area contributed by atoms with E-state index in [2.05, 4.69) is 17.2 Å². The van der Waals surface area contributed by atoms with Gasteiger partial charge in [-0.15, -0.1) is 0 Å². The minimum Gasteiger partial charge on any atom is -0.469 e. The summed E-state index contributed by atoms with van der Waals surface area (Å²) in [5.41, 5.74) is 0.997. The number of furan rings is 1. The van der Waals surface area contributed by atoms with Gasteiger partial charge < -0.3 is 9.73 Å². The molecule has 2 rings (SSSR count). The minimum absolute atomic E-state index is 0.360. The predicted octanol–water partition coefficient (Wildman–Crippen LogP) is 3.76. The first-order valence-corrected chi connectivity index (χ1v) is 6.02. The van der Waals surface area contributed by atoms with E-state index in [1.165, 1.54) is 0 Å². The normalized spacial score (nSPS) is 12.4. The van der Waals surface area contributed by atoms with Crippen molar-refractivity contribution in [3.63, 3.8) is 0 Å². The standard InChI is InChI=1S/C13H15ClN2O/c1-10(4-5-12-3-2-8-17-12)16-11-6-7-15-13(14)9-11/h2-3,6-10H,4-5H2,1H3,(H,15,16). The van der Waals surface area contributed by atoms with Crippen molar-refractivity contribution in [2.75, 3.05) is 5.32 Å². The maximum Gasteiger partial charge on any atom is 0.131 e. The Kier molecular flexibility index (Phi) is 4.04. The molecular weight excluding hydrogens is 236 g/mol. The lowest BCUT2D eigenvalue weighted by atomic mass is 10.1. The molecule has 0 bridgehead atoms. The first-order valence-electron chi connectivity index (χ1n) is 5.64. The highest BCUT2D eigenvalue weighted by Crippen LogP contribution is 2.15. The Morgan fingerprint density at radius 2 is 2.35 bits per heavy atom. The Labute approximate surface area is 106 Å². The monoisotopic (exact) mass is 250 g/mol. The van der Waals surface area contributed by atoms with Crippen LogP contribution in [0.4, 0.5) is 5.69 Å². The van der Waals surface area contributed by atoms with Gasteiger partial charge in [0.1, 0.15) is 10.9 Å². The van der Waals surface area contributed by atoms with Gasteiger partial charge in [-0.25, -0.2) is 4.98 Å². The van der Waals surface area contributed by atoms with Gasteiger partial charge in [0.2, 0.25) is 0 Å². The van der Waals surface area contributed by atoms with Gasteiger partial charge in [-0.05, 0) is 37.6 Å². The molecule has 0 aromatic carbocycles. The summed E-state index contributed by atoms with van der Waals surface area (Å²) in [7, 11) is 0. The molecule has 17 heavy (non-hydrogen) atoms. The van der Waals surface area contributed by atoms with E-state index in [-0.39, 0.29) is 0 Å². The number of aryl methyl sites for hydroxylation is 1. The van der Waals surface area contributed by atoms with Gasteiger partial charge in [0.25, 0.3) is 0 Å². The van der Waals surface area contributed by atoms with Gasteiger partial charge in [-0.1, -0.05) is 11.6 Å². The third-order valence-electron chi connectivity index (χ3n) is 2.54. The van der Waals surface area contributed by atoms with Crippen LogP contribution >= 0.6 is 11.6 Å². The Hall–Kier alpha value is -1.48. The van der Waals surface area contributed by atoms with Crippen LogP contribution in [0.15, 0.2) is 41.1 Å². The smallest absolute Gasteiger partial charge is 0.131 e. The van der Waals surface area contributed by atoms with Gasteiger partial charge in [0.15, 0.2) is 0 Å². The molecule has 0 fully saturated rings. The first-order chi connectivity index (χ1) is 8.24. The van der Waals surface area contributed by atoms with E-state index in [0.29, 0.717) is 11.2 Å². The molecule has 4 heteroatoms. The van der Waals surface area contributed by atoms with Crippen molar-refractivity contribution >= 4 is 17.3 Å². The van der Waals surface area contributed by atoms with Crippen molar-refractivity contribution in [3.8, 4) is 0 Å². The predicted molar refractivity (Wildman–Crippen MR) is 69.4 cm³/mol. The van der Waals surface area contributed by atoms with Crippen molar-refractivity contribution in [2.24, 2.45) is 0 Å². The lowest BCUT2D eigenvalue weighted by molar-refractivity contribution is 0.495. The summed E-state index contributed by atoms with van der Waals surface area (Å²) >= 11 is 5.82. The molecule has 0 radical (unpaired) electrons. The van der Waals surface area contributed by atoms with E-state index >= 15 is 0 Å². The molecule has 1 N–H and O–H groups in total. The van der Waals surface area contributed by atoms with Crippen LogP contribution in [0.3, 0.4) is 0 Å². The number of aromatic nitrogens is 1. The zero-order valence-electron chi connectivity index (χ0n) is 9.69. The molecule has 0 spiro atoms. The van der Waals surface area contributed by atoms with Crippen LogP contribution in [0.2, 0.25) is 5.15 Å². The SMILES string of the molecule is CC(CCc1ccco1)Nc1ccnc(Cl)c1. The van der Waals surface area contributed by atoms with Gasteiger partial charge in [-0.2, -0.15) is 0 Å². The number of hydrogen-bond acceptors (Lipinski definition) is 3. The zero-order valence-corrected chi connectivity index (χ0v) is 10.4. The highest BCUT2D eigenvalue weighted by molar-refractivity contribution is 6.29. The summed E-state index contributed by atoms with van der Waals surface area (Å²) in [4.78, 5) is 3.94. The highest BCUT2D eigenvalue weighted by atomic mass is 35.5. The molecule has 2 heterocycles. The van der Waals surface area contributed by atoms with Crippen LogP contribution in [0, 0.1) is 0 Å². The van der Waals surface area contributed by atoms with Crippen LogP contribution in [0.1, 0.15) is 19.1 Å². The molecule has 0 amide bonds. The minimum atomic E-state index is 0.360. The summed E-state index contributed by atoms with van der Waals surface area (Å²) < 4.78 is 5.29. The topological polar surface area (TPSA) is 38.1 Å². The Morgan fingerprint density at radius 3 is 3.06 bits per heavy atom. The van der Waals surface area contributed by atoms with Crippen LogP contribution < -0.4 is 5.32 Å². The van der Waals surface area contributed by atoms with E-state index in [1.54, 1.807) is 12.5 Å². The second-order valence-electron chi connectivity index (χ2n) is 4.03. The third kappa shape index (κ3) is 3.79. The lowest BCUT2D eigenvalue weighted by Crippen LogP contribution is -2.15. The molecule has 0 aliphatic heterocycles. The molecule has 2 aromatic heterocycles. The number of pyridine rings is 1. The number of nitrogens with zero attached hydrogens (tertiary/aromatic N) is 1. The molecule has 0 saturated heterocycles. The molecule has 2 aromatic rings. The fourth-order valence-corrected chi connectivity index (χ4v) is 1.84. The maximum absolute atomic E-state index is 5.82. The largest absolute Gasteiger partial charge is 0.469 e. The van der Waals surface area contributed by atoms with E-state index in [4.69, 9.17) is 16.0 Å². The van der Waals surface area contributed by atoms with Crippen molar-refractivity contribution in [3.05, 3.63) is 47.6 Å². The molecule has 0 aliphatic rings. The van der Waals surface area contributed by atoms with Crippen LogP contribution in [0.25, 0.3) is 0 Å². The van der Waals surface area contributed by atoms with E-state index < -0.39 is 0 Å². The van der Waals surface area contributed by atoms with Crippen LogP contribution in [-0.2, 0) is 6.42 Å². The average molecular weight is 251 g/mol. The van der Waals surface area contributed by atoms with Crippen molar-refractivity contribution < 1.29 is 4.42 Å². The second kappa shape index (κ2) is 5.73. The summed E-state index contributed by atoms with van der Waals surface area (Å²) in [6.45, 7) is 2.14. The van der Waals surface area contributed by atoms with Crippen LogP contribution in [0.5, 0.6) is 0 Å². The molecular formula is C13H15ClN2O. The molecule has 90 valence electrons. The van der Waals surface area contributed by atoms with Gasteiger partial charge >= 0.3 is 0 Å². The summed E-state index contributed by atoms with van der Waals surface area (Å²) in [5.74, 6) is 1.02. The highest BCUT2D eigenvalue weighted by Gasteiger charge is 2.04. The number of nitrogens with one attached hydrogen (secondary N) is 1. The quantitative estimate of drug-likeness (QED) is 0.821. The number of hydrogen-bond donors (Lipinski definition) is 1. The summed E-state index contributed by atoms with van der Waals surface area (Å²) in [5, 5.41) is 3.89. The average Bonchev–Trinajstić information content (AvgIpc) is 2.79. The van der Waals surface area contributed by atoms with Crippen LogP contribution in [-0.4, -0.2) is 11.0 Å². The Bertz CT molecular complexity index is 456. The third-order valence-corrected chi connectivity index (χ3v) is 2.75. The van der Waals surface area contributed by atoms with Crippen molar-refractivity contribution in [1.29, 1.82) is 0 Å². The first kappa shape index (κ1) is 12.0. The number of anilines is 1. The Morgan fingerprint density at radius 1 is 1.47 bits per heavy atom. The maximum atomic E-state index is 5.82. The molecule has 3 nitrogen and oxygen atoms in total. The second-order valence-corrected chi connectivity index (χ2v) is 4.42. The summed E-state index contributed by atoms with van der Waals surface area (Å²) in [6, 6.07) is 8.00. The van der Waals surface area contributed by atoms with E-state index in [0.717, 1.165) is 24.3 Å². The molecule has 1 unspecified atom stereocenters. The van der Waals surface area contributed by atoms with Gasteiger partial charge in [0, 0.05) is 24.3 Å². The van der Waals surface area contributed by atoms with E-state index in [1.807, 2.05) is 24.3 Å². The van der Waals surface area contributed by atoms with Gasteiger partial charge in [-0.3, -0.25) is 0 Å². The zero-order chi connectivity index (χ0) is 12.1. The van der Waals surface area contributed by atoms with Crippen molar-refractivity contribution in [2.45, 2.75) is 25.8 Å². The lowest BCUT2D eigenvalue weighted by Gasteiger charge is -2.14. The number of halogens is 1. The molecule has 0 saturated carbocycles.